The lowest BCUT2D eigenvalue weighted by Gasteiger charge is -2.22. The first kappa shape index (κ1) is 25.4. The lowest BCUT2D eigenvalue weighted by molar-refractivity contribution is 0.0953. The van der Waals surface area contributed by atoms with Crippen molar-refractivity contribution in [1.82, 2.24) is 20.6 Å². The zero-order valence-corrected chi connectivity index (χ0v) is 21.3. The predicted molar refractivity (Wildman–Crippen MR) is 143 cm³/mol. The zero-order chi connectivity index (χ0) is 24.3. The lowest BCUT2D eigenvalue weighted by Crippen LogP contribution is -2.34. The van der Waals surface area contributed by atoms with Crippen LogP contribution in [0, 0.1) is 6.92 Å². The molecule has 7 nitrogen and oxygen atoms in total. The van der Waals surface area contributed by atoms with Crippen LogP contribution in [0.3, 0.4) is 0 Å². The Balaban J connectivity index is 1.20. The summed E-state index contributed by atoms with van der Waals surface area (Å²) in [7, 11) is 0. The Morgan fingerprint density at radius 3 is 2.40 bits per heavy atom. The molecule has 1 aromatic heterocycles. The van der Waals surface area contributed by atoms with E-state index >= 15 is 0 Å². The van der Waals surface area contributed by atoms with Crippen molar-refractivity contribution in [2.75, 3.05) is 36.4 Å². The van der Waals surface area contributed by atoms with Crippen molar-refractivity contribution in [1.29, 1.82) is 0 Å². The van der Waals surface area contributed by atoms with Gasteiger partial charge in [0, 0.05) is 49.5 Å². The number of carbonyl (C=O) groups excluding carboxylic acids is 1. The molecule has 1 saturated heterocycles. The first-order valence-electron chi connectivity index (χ1n) is 13.6. The van der Waals surface area contributed by atoms with E-state index in [0.29, 0.717) is 30.6 Å². The van der Waals surface area contributed by atoms with Crippen molar-refractivity contribution in [2.45, 2.75) is 83.7 Å². The first-order valence-corrected chi connectivity index (χ1v) is 13.6. The van der Waals surface area contributed by atoms with Crippen LogP contribution in [-0.2, 0) is 6.54 Å². The van der Waals surface area contributed by atoms with Gasteiger partial charge >= 0.3 is 0 Å². The Labute approximate surface area is 210 Å². The highest BCUT2D eigenvalue weighted by atomic mass is 16.1. The van der Waals surface area contributed by atoms with Crippen LogP contribution < -0.4 is 20.9 Å². The minimum Gasteiger partial charge on any atom is -0.356 e. The van der Waals surface area contributed by atoms with Crippen LogP contribution in [-0.4, -0.2) is 48.1 Å². The van der Waals surface area contributed by atoms with Gasteiger partial charge in [0.2, 0.25) is 5.95 Å². The van der Waals surface area contributed by atoms with Gasteiger partial charge in [-0.25, -0.2) is 4.98 Å². The van der Waals surface area contributed by atoms with Crippen LogP contribution >= 0.6 is 0 Å². The number of carbonyl (C=O) groups is 1. The number of aromatic nitrogens is 2. The monoisotopic (exact) mass is 478 g/mol. The first-order chi connectivity index (χ1) is 17.2. The van der Waals surface area contributed by atoms with Crippen LogP contribution in [0.1, 0.15) is 85.8 Å². The van der Waals surface area contributed by atoms with Gasteiger partial charge in [0.25, 0.3) is 5.91 Å². The molecule has 1 aliphatic carbocycles. The summed E-state index contributed by atoms with van der Waals surface area (Å²) in [5, 5.41) is 10.0. The van der Waals surface area contributed by atoms with Crippen molar-refractivity contribution < 1.29 is 4.79 Å². The fourth-order valence-corrected chi connectivity index (χ4v) is 5.05. The number of amides is 1. The SMILES string of the molecule is Cc1cc(N2CCCCCC2)nc(NCc2ccc(C(=O)NCCCNC3CCCCC3)cc2)n1. The topological polar surface area (TPSA) is 82.2 Å². The van der Waals surface area contributed by atoms with E-state index in [4.69, 9.17) is 4.98 Å². The highest BCUT2D eigenvalue weighted by molar-refractivity contribution is 5.94. The molecule has 2 fully saturated rings. The van der Waals surface area contributed by atoms with Crippen LogP contribution in [0.25, 0.3) is 0 Å². The fraction of sp³-hybridized carbons (Fsp3) is 0.607. The molecule has 2 heterocycles. The van der Waals surface area contributed by atoms with Crippen molar-refractivity contribution in [2.24, 2.45) is 0 Å². The third kappa shape index (κ3) is 8.20. The molecule has 2 aromatic rings. The number of benzene rings is 1. The van der Waals surface area contributed by atoms with Crippen molar-refractivity contribution in [3.63, 3.8) is 0 Å². The summed E-state index contributed by atoms with van der Waals surface area (Å²) in [6.45, 7) is 6.44. The van der Waals surface area contributed by atoms with Gasteiger partial charge in [-0.15, -0.1) is 0 Å². The minimum absolute atomic E-state index is 0.00807. The Morgan fingerprint density at radius 1 is 0.943 bits per heavy atom. The number of aryl methyl sites for hydroxylation is 1. The lowest BCUT2D eigenvalue weighted by atomic mass is 9.95. The second-order valence-electron chi connectivity index (χ2n) is 10.0. The second-order valence-corrected chi connectivity index (χ2v) is 10.0. The van der Waals surface area contributed by atoms with Gasteiger partial charge in [0.05, 0.1) is 0 Å². The van der Waals surface area contributed by atoms with E-state index in [1.54, 1.807) is 0 Å². The molecule has 1 saturated carbocycles. The standard InChI is InChI=1S/C28H42N6O/c1-22-20-26(34-18-7-2-3-8-19-34)33-28(32-22)31-21-23-12-14-24(15-13-23)27(35)30-17-9-16-29-25-10-5-4-6-11-25/h12-15,20,25,29H,2-11,16-19,21H2,1H3,(H,30,35)(H,31,32,33). The minimum atomic E-state index is -0.00807. The Kier molecular flexibility index (Phi) is 9.75. The Hall–Kier alpha value is -2.67. The molecule has 0 spiro atoms. The summed E-state index contributed by atoms with van der Waals surface area (Å²) < 4.78 is 0. The van der Waals surface area contributed by atoms with E-state index in [1.165, 1.54) is 57.8 Å². The van der Waals surface area contributed by atoms with Crippen LogP contribution in [0.2, 0.25) is 0 Å². The number of rotatable bonds is 10. The molecule has 1 amide bonds. The smallest absolute Gasteiger partial charge is 0.251 e. The van der Waals surface area contributed by atoms with Crippen molar-refractivity contribution in [3.8, 4) is 0 Å². The van der Waals surface area contributed by atoms with Crippen LogP contribution in [0.5, 0.6) is 0 Å². The third-order valence-corrected chi connectivity index (χ3v) is 7.11. The predicted octanol–water partition coefficient (Wildman–Crippen LogP) is 4.82. The molecule has 35 heavy (non-hydrogen) atoms. The molecule has 1 aliphatic heterocycles. The average Bonchev–Trinajstić information content (AvgIpc) is 3.18. The number of nitrogens with one attached hydrogen (secondary N) is 3. The number of anilines is 2. The summed E-state index contributed by atoms with van der Waals surface area (Å²) in [5.41, 5.74) is 2.77. The maximum absolute atomic E-state index is 12.5. The van der Waals surface area contributed by atoms with E-state index in [0.717, 1.165) is 43.1 Å². The van der Waals surface area contributed by atoms with Gasteiger partial charge in [-0.05, 0) is 63.3 Å². The number of hydrogen-bond acceptors (Lipinski definition) is 6. The van der Waals surface area contributed by atoms with Gasteiger partial charge < -0.3 is 20.9 Å². The molecule has 0 radical (unpaired) electrons. The molecule has 0 unspecified atom stereocenters. The molecule has 3 N–H and O–H groups in total. The Bertz CT molecular complexity index is 918. The van der Waals surface area contributed by atoms with E-state index in [-0.39, 0.29) is 5.91 Å². The molecule has 7 heteroatoms. The molecule has 4 rings (SSSR count). The zero-order valence-electron chi connectivity index (χ0n) is 21.3. The van der Waals surface area contributed by atoms with Gasteiger partial charge in [-0.3, -0.25) is 4.79 Å². The summed E-state index contributed by atoms with van der Waals surface area (Å²) in [5.74, 6) is 1.67. The van der Waals surface area contributed by atoms with Crippen molar-refractivity contribution >= 4 is 17.7 Å². The molecular weight excluding hydrogens is 436 g/mol. The van der Waals surface area contributed by atoms with Gasteiger partial charge in [0.15, 0.2) is 0 Å². The summed E-state index contributed by atoms with van der Waals surface area (Å²) in [6.07, 6.45) is 12.7. The molecule has 2 aliphatic rings. The van der Waals surface area contributed by atoms with E-state index in [2.05, 4.69) is 31.9 Å². The molecule has 1 aromatic carbocycles. The quantitative estimate of drug-likeness (QED) is 0.425. The summed E-state index contributed by atoms with van der Waals surface area (Å²) in [6, 6.07) is 10.5. The number of nitrogens with zero attached hydrogens (tertiary/aromatic N) is 3. The molecule has 190 valence electrons. The van der Waals surface area contributed by atoms with Crippen LogP contribution in [0.15, 0.2) is 30.3 Å². The molecule has 0 atom stereocenters. The van der Waals surface area contributed by atoms with E-state index in [9.17, 15) is 4.79 Å². The highest BCUT2D eigenvalue weighted by Crippen LogP contribution is 2.20. The fourth-order valence-electron chi connectivity index (χ4n) is 5.05. The maximum Gasteiger partial charge on any atom is 0.251 e. The van der Waals surface area contributed by atoms with Gasteiger partial charge in [-0.2, -0.15) is 4.98 Å². The third-order valence-electron chi connectivity index (χ3n) is 7.11. The number of hydrogen-bond donors (Lipinski definition) is 3. The summed E-state index contributed by atoms with van der Waals surface area (Å²) >= 11 is 0. The van der Waals surface area contributed by atoms with Crippen LogP contribution in [0.4, 0.5) is 11.8 Å². The second kappa shape index (κ2) is 13.4. The van der Waals surface area contributed by atoms with Crippen molar-refractivity contribution in [3.05, 3.63) is 47.2 Å². The largest absolute Gasteiger partial charge is 0.356 e. The Morgan fingerprint density at radius 2 is 1.66 bits per heavy atom. The average molecular weight is 479 g/mol. The van der Waals surface area contributed by atoms with E-state index < -0.39 is 0 Å². The molecule has 0 bridgehead atoms. The van der Waals surface area contributed by atoms with Gasteiger partial charge in [0.1, 0.15) is 5.82 Å². The van der Waals surface area contributed by atoms with Gasteiger partial charge in [-0.1, -0.05) is 44.2 Å². The maximum atomic E-state index is 12.5. The van der Waals surface area contributed by atoms with E-state index in [1.807, 2.05) is 31.2 Å². The molecular formula is C28H42N6O. The normalized spacial score (nSPS) is 17.1. The summed E-state index contributed by atoms with van der Waals surface area (Å²) in [4.78, 5) is 24.2. The highest BCUT2D eigenvalue weighted by Gasteiger charge is 2.14.